The summed E-state index contributed by atoms with van der Waals surface area (Å²) in [7, 11) is -1.53. The van der Waals surface area contributed by atoms with E-state index in [-0.39, 0.29) is 0 Å². The molecule has 0 aromatic carbocycles. The lowest BCUT2D eigenvalue weighted by atomic mass is 10.1. The Bertz CT molecular complexity index is 489. The molecule has 0 radical (unpaired) electrons. The van der Waals surface area contributed by atoms with Gasteiger partial charge in [0.05, 0.1) is 5.56 Å². The van der Waals surface area contributed by atoms with Crippen LogP contribution in [0, 0.1) is 29.8 Å². The van der Waals surface area contributed by atoms with Crippen LogP contribution < -0.4 is 0 Å². The van der Waals surface area contributed by atoms with Crippen molar-refractivity contribution in [3.63, 3.8) is 0 Å². The third-order valence-corrected chi connectivity index (χ3v) is 4.84. The summed E-state index contributed by atoms with van der Waals surface area (Å²) in [6, 6.07) is 4.25. The van der Waals surface area contributed by atoms with E-state index in [2.05, 4.69) is 36.9 Å². The number of aromatic nitrogens is 1. The van der Waals surface area contributed by atoms with E-state index in [1.54, 1.807) is 0 Å². The molecule has 1 heterocycles. The van der Waals surface area contributed by atoms with E-state index >= 15 is 0 Å². The first-order valence-electron chi connectivity index (χ1n) is 4.93. The van der Waals surface area contributed by atoms with Crippen LogP contribution in [0.25, 0.3) is 0 Å². The average Bonchev–Trinajstić information content (AvgIpc) is 2.00. The predicted octanol–water partition coefficient (Wildman–Crippen LogP) is 3.39. The van der Waals surface area contributed by atoms with Gasteiger partial charge in [-0.3, -0.25) is 0 Å². The molecule has 0 saturated heterocycles. The zero-order valence-corrected chi connectivity index (χ0v) is 11.7. The maximum absolute atomic E-state index is 9.07. The third-order valence-electron chi connectivity index (χ3n) is 2.37. The zero-order valence-electron chi connectivity index (χ0n) is 9.88. The number of hydrogen-bond donors (Lipinski definition) is 0. The second-order valence-electron chi connectivity index (χ2n) is 4.77. The summed E-state index contributed by atoms with van der Waals surface area (Å²) >= 11 is 5.39. The van der Waals surface area contributed by atoms with Gasteiger partial charge >= 0.3 is 0 Å². The topological polar surface area (TPSA) is 28.7 Å². The van der Waals surface area contributed by atoms with Gasteiger partial charge < -0.3 is 4.23 Å². The van der Waals surface area contributed by atoms with Crippen molar-refractivity contribution in [2.24, 2.45) is 0 Å². The molecule has 2 nitrogen and oxygen atoms in total. The average molecular weight is 236 g/mol. The van der Waals surface area contributed by atoms with Gasteiger partial charge in [0.2, 0.25) is 0 Å². The molecule has 0 aliphatic heterocycles. The standard InChI is InChI=1S/C11H16N2SSi/c1-8-6-9(2)13(15(3,4)5)11(14)10(8)7-12/h6H,1-5H3. The lowest BCUT2D eigenvalue weighted by Gasteiger charge is -2.25. The minimum Gasteiger partial charge on any atom is -0.363 e. The number of rotatable bonds is 1. The third kappa shape index (κ3) is 2.19. The van der Waals surface area contributed by atoms with Gasteiger partial charge in [-0.15, -0.1) is 0 Å². The molecule has 0 amide bonds. The minimum atomic E-state index is -1.53. The van der Waals surface area contributed by atoms with Gasteiger partial charge in [-0.05, 0) is 25.5 Å². The Labute approximate surface area is 97.3 Å². The molecular weight excluding hydrogens is 220 g/mol. The number of nitriles is 1. The maximum Gasteiger partial charge on any atom is 0.154 e. The largest absolute Gasteiger partial charge is 0.363 e. The second kappa shape index (κ2) is 3.91. The molecule has 15 heavy (non-hydrogen) atoms. The molecule has 0 N–H and O–H groups in total. The van der Waals surface area contributed by atoms with E-state index in [0.29, 0.717) is 10.2 Å². The molecular formula is C11H16N2SSi. The van der Waals surface area contributed by atoms with Crippen molar-refractivity contribution in [1.29, 1.82) is 5.26 Å². The Morgan fingerprint density at radius 2 is 1.87 bits per heavy atom. The van der Waals surface area contributed by atoms with Crippen LogP contribution in [0.15, 0.2) is 6.07 Å². The second-order valence-corrected chi connectivity index (χ2v) is 9.94. The SMILES string of the molecule is Cc1cc(C)n([Si](C)(C)C)c(=S)c1C#N. The van der Waals surface area contributed by atoms with Crippen molar-refractivity contribution < 1.29 is 0 Å². The summed E-state index contributed by atoms with van der Waals surface area (Å²) in [6.07, 6.45) is 0. The van der Waals surface area contributed by atoms with Gasteiger partial charge in [-0.25, -0.2) is 0 Å². The summed E-state index contributed by atoms with van der Waals surface area (Å²) in [4.78, 5) is 0. The first-order valence-corrected chi connectivity index (χ1v) is 8.78. The fraction of sp³-hybridized carbons (Fsp3) is 0.455. The lowest BCUT2D eigenvalue weighted by Crippen LogP contribution is -2.34. The molecule has 0 atom stereocenters. The molecule has 0 aliphatic carbocycles. The molecule has 0 fully saturated rings. The van der Waals surface area contributed by atoms with Crippen LogP contribution in [0.2, 0.25) is 19.6 Å². The first kappa shape index (κ1) is 12.1. The summed E-state index contributed by atoms with van der Waals surface area (Å²) in [5, 5.41) is 9.07. The van der Waals surface area contributed by atoms with Gasteiger partial charge in [-0.1, -0.05) is 31.9 Å². The highest BCUT2D eigenvalue weighted by Crippen LogP contribution is 2.17. The van der Waals surface area contributed by atoms with Crippen molar-refractivity contribution in [3.05, 3.63) is 27.5 Å². The van der Waals surface area contributed by atoms with Crippen LogP contribution in [0.5, 0.6) is 0 Å². The fourth-order valence-electron chi connectivity index (χ4n) is 1.86. The Morgan fingerprint density at radius 3 is 2.27 bits per heavy atom. The van der Waals surface area contributed by atoms with Crippen LogP contribution in [0.1, 0.15) is 16.8 Å². The monoisotopic (exact) mass is 236 g/mol. The number of hydrogen-bond acceptors (Lipinski definition) is 2. The minimum absolute atomic E-state index is 0.651. The molecule has 0 bridgehead atoms. The molecule has 0 spiro atoms. The van der Waals surface area contributed by atoms with Crippen LogP contribution in [0.3, 0.4) is 0 Å². The summed E-state index contributed by atoms with van der Waals surface area (Å²) < 4.78 is 2.88. The highest BCUT2D eigenvalue weighted by Gasteiger charge is 2.20. The van der Waals surface area contributed by atoms with E-state index in [4.69, 9.17) is 17.5 Å². The summed E-state index contributed by atoms with van der Waals surface area (Å²) in [6.45, 7) is 10.7. The molecule has 80 valence electrons. The van der Waals surface area contributed by atoms with Gasteiger partial charge in [0.25, 0.3) is 0 Å². The Hall–Kier alpha value is -0.923. The lowest BCUT2D eigenvalue weighted by molar-refractivity contribution is 1.00. The highest BCUT2D eigenvalue weighted by atomic mass is 32.1. The van der Waals surface area contributed by atoms with E-state index in [1.165, 1.54) is 0 Å². The van der Waals surface area contributed by atoms with Crippen LogP contribution in [0.4, 0.5) is 0 Å². The molecule has 1 aromatic heterocycles. The fourth-order valence-corrected chi connectivity index (χ4v) is 4.88. The van der Waals surface area contributed by atoms with E-state index in [0.717, 1.165) is 11.3 Å². The van der Waals surface area contributed by atoms with Gasteiger partial charge in [-0.2, -0.15) is 5.26 Å². The van der Waals surface area contributed by atoms with Crippen LogP contribution in [-0.2, 0) is 0 Å². The molecule has 1 rings (SSSR count). The Kier molecular flexibility index (Phi) is 3.17. The molecule has 1 aromatic rings. The van der Waals surface area contributed by atoms with Gasteiger partial charge in [0, 0.05) is 5.69 Å². The van der Waals surface area contributed by atoms with Gasteiger partial charge in [0.15, 0.2) is 8.24 Å². The Balaban J connectivity index is 3.71. The van der Waals surface area contributed by atoms with Crippen molar-refractivity contribution in [2.45, 2.75) is 33.5 Å². The van der Waals surface area contributed by atoms with Gasteiger partial charge in [0.1, 0.15) is 10.7 Å². The van der Waals surface area contributed by atoms with Crippen LogP contribution in [-0.4, -0.2) is 12.5 Å². The van der Waals surface area contributed by atoms with Crippen LogP contribution >= 0.6 is 12.2 Å². The summed E-state index contributed by atoms with van der Waals surface area (Å²) in [5.74, 6) is 0. The van der Waals surface area contributed by atoms with E-state index in [1.807, 2.05) is 13.0 Å². The molecule has 0 aliphatic rings. The Morgan fingerprint density at radius 1 is 1.33 bits per heavy atom. The normalized spacial score (nSPS) is 11.2. The number of aryl methyl sites for hydroxylation is 2. The van der Waals surface area contributed by atoms with E-state index < -0.39 is 8.24 Å². The maximum atomic E-state index is 9.07. The molecule has 4 heteroatoms. The van der Waals surface area contributed by atoms with Crippen molar-refractivity contribution in [2.75, 3.05) is 0 Å². The summed E-state index contributed by atoms with van der Waals surface area (Å²) in [5.41, 5.74) is 2.79. The zero-order chi connectivity index (χ0) is 11.8. The molecule has 0 unspecified atom stereocenters. The quantitative estimate of drug-likeness (QED) is 0.552. The predicted molar refractivity (Wildman–Crippen MR) is 68.2 cm³/mol. The van der Waals surface area contributed by atoms with Crippen molar-refractivity contribution in [3.8, 4) is 6.07 Å². The van der Waals surface area contributed by atoms with Crippen molar-refractivity contribution >= 4 is 20.5 Å². The number of pyridine rings is 1. The smallest absolute Gasteiger partial charge is 0.154 e. The van der Waals surface area contributed by atoms with E-state index in [9.17, 15) is 0 Å². The first-order chi connectivity index (χ1) is 6.79. The van der Waals surface area contributed by atoms with Crippen molar-refractivity contribution in [1.82, 2.24) is 4.23 Å². The highest BCUT2D eigenvalue weighted by molar-refractivity contribution is 7.71. The number of nitrogens with zero attached hydrogens (tertiary/aromatic N) is 2. The molecule has 0 saturated carbocycles.